The molecule has 2 aromatic heterocycles. The highest BCUT2D eigenvalue weighted by atomic mass is 32.1. The maximum atomic E-state index is 11.3. The average molecular weight is 248 g/mol. The number of carbonyl (C=O) groups is 1. The van der Waals surface area contributed by atoms with E-state index in [1.165, 1.54) is 0 Å². The Bertz CT molecular complexity index is 557. The molecule has 5 heteroatoms. The summed E-state index contributed by atoms with van der Waals surface area (Å²) >= 11 is 1.57. The second kappa shape index (κ2) is 4.00. The summed E-state index contributed by atoms with van der Waals surface area (Å²) in [6.07, 6.45) is 3.12. The predicted molar refractivity (Wildman–Crippen MR) is 65.4 cm³/mol. The van der Waals surface area contributed by atoms with Crippen molar-refractivity contribution < 1.29 is 9.90 Å². The molecule has 17 heavy (non-hydrogen) atoms. The SMILES string of the molecule is O=C(O)c1nn2c(c1-c1cccs1)CCCC2. The van der Waals surface area contributed by atoms with Crippen LogP contribution in [0.2, 0.25) is 0 Å². The summed E-state index contributed by atoms with van der Waals surface area (Å²) in [5, 5.41) is 15.4. The van der Waals surface area contributed by atoms with Crippen molar-refractivity contribution >= 4 is 17.3 Å². The van der Waals surface area contributed by atoms with Gasteiger partial charge in [-0.15, -0.1) is 11.3 Å². The van der Waals surface area contributed by atoms with Gasteiger partial charge in [-0.05, 0) is 30.7 Å². The Morgan fingerprint density at radius 2 is 2.35 bits per heavy atom. The number of aromatic carboxylic acids is 1. The van der Waals surface area contributed by atoms with E-state index < -0.39 is 5.97 Å². The Kier molecular flexibility index (Phi) is 2.48. The third kappa shape index (κ3) is 1.67. The molecule has 0 spiro atoms. The van der Waals surface area contributed by atoms with Crippen molar-refractivity contribution in [1.29, 1.82) is 0 Å². The van der Waals surface area contributed by atoms with Crippen LogP contribution in [-0.2, 0) is 13.0 Å². The Morgan fingerprint density at radius 1 is 1.47 bits per heavy atom. The summed E-state index contributed by atoms with van der Waals surface area (Å²) in [6, 6.07) is 3.90. The molecule has 0 atom stereocenters. The molecule has 88 valence electrons. The zero-order chi connectivity index (χ0) is 11.8. The van der Waals surface area contributed by atoms with Gasteiger partial charge in [-0.3, -0.25) is 4.68 Å². The fourth-order valence-corrected chi connectivity index (χ4v) is 3.11. The van der Waals surface area contributed by atoms with Crippen LogP contribution in [0.25, 0.3) is 10.4 Å². The molecule has 2 aromatic rings. The molecule has 0 unspecified atom stereocenters. The number of hydrogen-bond donors (Lipinski definition) is 1. The molecule has 3 rings (SSSR count). The van der Waals surface area contributed by atoms with Gasteiger partial charge < -0.3 is 5.11 Å². The smallest absolute Gasteiger partial charge is 0.357 e. The lowest BCUT2D eigenvalue weighted by molar-refractivity contribution is 0.0690. The minimum absolute atomic E-state index is 0.198. The first-order valence-electron chi connectivity index (χ1n) is 5.64. The van der Waals surface area contributed by atoms with Gasteiger partial charge in [-0.2, -0.15) is 5.10 Å². The van der Waals surface area contributed by atoms with Crippen LogP contribution in [-0.4, -0.2) is 20.9 Å². The van der Waals surface area contributed by atoms with Crippen LogP contribution >= 0.6 is 11.3 Å². The topological polar surface area (TPSA) is 55.1 Å². The summed E-state index contributed by atoms with van der Waals surface area (Å²) in [7, 11) is 0. The summed E-state index contributed by atoms with van der Waals surface area (Å²) in [4.78, 5) is 12.3. The van der Waals surface area contributed by atoms with E-state index in [1.807, 2.05) is 22.2 Å². The van der Waals surface area contributed by atoms with E-state index in [4.69, 9.17) is 0 Å². The molecule has 0 fully saturated rings. The number of nitrogens with zero attached hydrogens (tertiary/aromatic N) is 2. The van der Waals surface area contributed by atoms with Crippen molar-refractivity contribution in [1.82, 2.24) is 9.78 Å². The molecular weight excluding hydrogens is 236 g/mol. The van der Waals surface area contributed by atoms with Crippen LogP contribution in [0.15, 0.2) is 17.5 Å². The third-order valence-corrected chi connectivity index (χ3v) is 3.95. The molecule has 0 aliphatic carbocycles. The third-order valence-electron chi connectivity index (χ3n) is 3.06. The van der Waals surface area contributed by atoms with Gasteiger partial charge in [0.25, 0.3) is 0 Å². The molecule has 0 saturated heterocycles. The van der Waals surface area contributed by atoms with Crippen LogP contribution in [0, 0.1) is 0 Å². The van der Waals surface area contributed by atoms with Crippen molar-refractivity contribution in [3.05, 3.63) is 28.9 Å². The van der Waals surface area contributed by atoms with E-state index in [0.717, 1.165) is 41.9 Å². The lowest BCUT2D eigenvalue weighted by Crippen LogP contribution is -2.11. The number of carboxylic acid groups (broad SMARTS) is 1. The van der Waals surface area contributed by atoms with E-state index in [2.05, 4.69) is 5.10 Å². The van der Waals surface area contributed by atoms with E-state index in [-0.39, 0.29) is 5.69 Å². The monoisotopic (exact) mass is 248 g/mol. The number of aryl methyl sites for hydroxylation is 1. The number of aromatic nitrogens is 2. The average Bonchev–Trinajstić information content (AvgIpc) is 2.94. The van der Waals surface area contributed by atoms with Gasteiger partial charge in [0, 0.05) is 22.7 Å². The number of thiophene rings is 1. The number of hydrogen-bond acceptors (Lipinski definition) is 3. The molecule has 1 aliphatic rings. The Hall–Kier alpha value is -1.62. The Labute approximate surface area is 103 Å². The molecule has 0 bridgehead atoms. The second-order valence-corrected chi connectivity index (χ2v) is 5.08. The molecule has 0 amide bonds. The summed E-state index contributed by atoms with van der Waals surface area (Å²) in [6.45, 7) is 0.834. The number of rotatable bonds is 2. The standard InChI is InChI=1S/C12H12N2O2S/c15-12(16)11-10(9-5-3-7-17-9)8-4-1-2-6-14(8)13-11/h3,5,7H,1-2,4,6H2,(H,15,16). The van der Waals surface area contributed by atoms with Gasteiger partial charge in [-0.25, -0.2) is 4.79 Å². The first-order chi connectivity index (χ1) is 8.27. The lowest BCUT2D eigenvalue weighted by Gasteiger charge is -2.13. The summed E-state index contributed by atoms with van der Waals surface area (Å²) in [5.74, 6) is -0.935. The number of fused-ring (bicyclic) bond motifs is 1. The van der Waals surface area contributed by atoms with Crippen LogP contribution < -0.4 is 0 Å². The first kappa shape index (κ1) is 10.5. The van der Waals surface area contributed by atoms with E-state index in [1.54, 1.807) is 11.3 Å². The van der Waals surface area contributed by atoms with E-state index in [0.29, 0.717) is 0 Å². The van der Waals surface area contributed by atoms with Gasteiger partial charge in [0.15, 0.2) is 5.69 Å². The molecule has 3 heterocycles. The highest BCUT2D eigenvalue weighted by Crippen LogP contribution is 2.34. The highest BCUT2D eigenvalue weighted by Gasteiger charge is 2.25. The highest BCUT2D eigenvalue weighted by molar-refractivity contribution is 7.13. The molecule has 1 N–H and O–H groups in total. The van der Waals surface area contributed by atoms with Gasteiger partial charge in [0.05, 0.1) is 0 Å². The fraction of sp³-hybridized carbons (Fsp3) is 0.333. The van der Waals surface area contributed by atoms with Crippen molar-refractivity contribution in [3.8, 4) is 10.4 Å². The minimum atomic E-state index is -0.935. The molecule has 0 radical (unpaired) electrons. The van der Waals surface area contributed by atoms with Crippen molar-refractivity contribution in [2.75, 3.05) is 0 Å². The molecule has 4 nitrogen and oxygen atoms in total. The molecule has 1 aliphatic heterocycles. The molecular formula is C12H12N2O2S. The summed E-state index contributed by atoms with van der Waals surface area (Å²) < 4.78 is 1.86. The first-order valence-corrected chi connectivity index (χ1v) is 6.52. The molecule has 0 aromatic carbocycles. The van der Waals surface area contributed by atoms with Crippen molar-refractivity contribution in [2.24, 2.45) is 0 Å². The zero-order valence-electron chi connectivity index (χ0n) is 9.22. The maximum Gasteiger partial charge on any atom is 0.357 e. The maximum absolute atomic E-state index is 11.3. The van der Waals surface area contributed by atoms with Crippen molar-refractivity contribution in [3.63, 3.8) is 0 Å². The van der Waals surface area contributed by atoms with Crippen LogP contribution in [0.5, 0.6) is 0 Å². The van der Waals surface area contributed by atoms with Gasteiger partial charge >= 0.3 is 5.97 Å². The van der Waals surface area contributed by atoms with Crippen LogP contribution in [0.4, 0.5) is 0 Å². The largest absolute Gasteiger partial charge is 0.476 e. The fourth-order valence-electron chi connectivity index (χ4n) is 2.32. The molecule has 0 saturated carbocycles. The lowest BCUT2D eigenvalue weighted by atomic mass is 10.0. The quantitative estimate of drug-likeness (QED) is 0.888. The second-order valence-electron chi connectivity index (χ2n) is 4.13. The zero-order valence-corrected chi connectivity index (χ0v) is 10.0. The van der Waals surface area contributed by atoms with Crippen LogP contribution in [0.1, 0.15) is 29.0 Å². The van der Waals surface area contributed by atoms with Gasteiger partial charge in [-0.1, -0.05) is 6.07 Å². The number of carboxylic acids is 1. The normalized spacial score (nSPS) is 14.6. The van der Waals surface area contributed by atoms with Gasteiger partial charge in [0.1, 0.15) is 0 Å². The van der Waals surface area contributed by atoms with Gasteiger partial charge in [0.2, 0.25) is 0 Å². The summed E-state index contributed by atoms with van der Waals surface area (Å²) in [5.41, 5.74) is 2.10. The Morgan fingerprint density at radius 3 is 3.06 bits per heavy atom. The van der Waals surface area contributed by atoms with E-state index >= 15 is 0 Å². The van der Waals surface area contributed by atoms with Crippen molar-refractivity contribution in [2.45, 2.75) is 25.8 Å². The van der Waals surface area contributed by atoms with E-state index in [9.17, 15) is 9.90 Å². The predicted octanol–water partition coefficient (Wildman–Crippen LogP) is 2.65. The minimum Gasteiger partial charge on any atom is -0.476 e. The Balaban J connectivity index is 2.23. The van der Waals surface area contributed by atoms with Crippen LogP contribution in [0.3, 0.4) is 0 Å².